The van der Waals surface area contributed by atoms with Gasteiger partial charge in [0.25, 0.3) is 0 Å². The molecule has 0 bridgehead atoms. The third-order valence-corrected chi connectivity index (χ3v) is 5.47. The first-order valence-electron chi connectivity index (χ1n) is 8.95. The first kappa shape index (κ1) is 17.0. The molecular formula is C20H22FN3O2. The Labute approximate surface area is 152 Å². The zero-order chi connectivity index (χ0) is 18.1. The molecule has 136 valence electrons. The zero-order valence-electron chi connectivity index (χ0n) is 14.7. The highest BCUT2D eigenvalue weighted by atomic mass is 19.1. The van der Waals surface area contributed by atoms with E-state index in [2.05, 4.69) is 11.1 Å². The monoisotopic (exact) mass is 355 g/mol. The number of carbonyl (C=O) groups excluding carboxylic acids is 1. The number of aromatic nitrogens is 1. The number of hydrogen-bond acceptors (Lipinski definition) is 3. The molecule has 2 heterocycles. The summed E-state index contributed by atoms with van der Waals surface area (Å²) in [4.78, 5) is 21.1. The zero-order valence-corrected chi connectivity index (χ0v) is 14.7. The van der Waals surface area contributed by atoms with Crippen LogP contribution in [0.4, 0.5) is 14.9 Å². The minimum absolute atomic E-state index is 0.0228. The predicted octanol–water partition coefficient (Wildman–Crippen LogP) is 3.42. The fraction of sp³-hybridized carbons (Fsp3) is 0.400. The van der Waals surface area contributed by atoms with E-state index in [0.29, 0.717) is 18.8 Å². The smallest absolute Gasteiger partial charge is 0.325 e. The highest BCUT2D eigenvalue weighted by molar-refractivity contribution is 5.96. The number of methoxy groups -OCH3 is 1. The number of pyridine rings is 1. The van der Waals surface area contributed by atoms with Gasteiger partial charge in [0.15, 0.2) is 0 Å². The van der Waals surface area contributed by atoms with Crippen molar-refractivity contribution in [1.82, 2.24) is 9.88 Å². The number of carbonyl (C=O) groups is 1. The van der Waals surface area contributed by atoms with Crippen LogP contribution < -0.4 is 4.90 Å². The molecule has 2 amide bonds. The molecule has 1 aromatic carbocycles. The molecule has 0 spiro atoms. The third-order valence-electron chi connectivity index (χ3n) is 5.47. The molecule has 1 saturated carbocycles. The molecular weight excluding hydrogens is 333 g/mol. The average molecular weight is 355 g/mol. The Balaban J connectivity index is 1.73. The van der Waals surface area contributed by atoms with Crippen LogP contribution in [0.5, 0.6) is 0 Å². The van der Waals surface area contributed by atoms with Crippen LogP contribution in [0.15, 0.2) is 48.8 Å². The minimum atomic E-state index is -0.335. The van der Waals surface area contributed by atoms with Gasteiger partial charge in [-0.25, -0.2) is 9.18 Å². The van der Waals surface area contributed by atoms with Gasteiger partial charge < -0.3 is 9.64 Å². The van der Waals surface area contributed by atoms with Gasteiger partial charge in [-0.1, -0.05) is 12.1 Å². The Morgan fingerprint density at radius 2 is 2.15 bits per heavy atom. The number of hydrogen-bond donors (Lipinski definition) is 0. The fourth-order valence-electron chi connectivity index (χ4n) is 4.38. The second kappa shape index (κ2) is 7.03. The van der Waals surface area contributed by atoms with Gasteiger partial charge in [0, 0.05) is 37.7 Å². The highest BCUT2D eigenvalue weighted by Gasteiger charge is 2.53. The summed E-state index contributed by atoms with van der Waals surface area (Å²) in [7, 11) is 1.63. The van der Waals surface area contributed by atoms with Crippen LogP contribution in [-0.4, -0.2) is 48.3 Å². The first-order valence-corrected chi connectivity index (χ1v) is 8.95. The van der Waals surface area contributed by atoms with E-state index in [1.807, 2.05) is 17.2 Å². The van der Waals surface area contributed by atoms with Crippen molar-refractivity contribution < 1.29 is 13.9 Å². The van der Waals surface area contributed by atoms with E-state index >= 15 is 0 Å². The molecule has 5 nitrogen and oxygen atoms in total. The van der Waals surface area contributed by atoms with Crippen molar-refractivity contribution in [1.29, 1.82) is 0 Å². The molecule has 4 rings (SSSR count). The molecule has 1 saturated heterocycles. The lowest BCUT2D eigenvalue weighted by molar-refractivity contribution is 0.146. The van der Waals surface area contributed by atoms with Gasteiger partial charge in [-0.3, -0.25) is 9.88 Å². The van der Waals surface area contributed by atoms with E-state index in [1.165, 1.54) is 12.1 Å². The van der Waals surface area contributed by atoms with Crippen molar-refractivity contribution in [3.63, 3.8) is 0 Å². The fourth-order valence-corrected chi connectivity index (χ4v) is 4.38. The third kappa shape index (κ3) is 2.84. The lowest BCUT2D eigenvalue weighted by Crippen LogP contribution is -2.38. The van der Waals surface area contributed by atoms with E-state index in [9.17, 15) is 9.18 Å². The maximum atomic E-state index is 13.8. The quantitative estimate of drug-likeness (QED) is 0.826. The van der Waals surface area contributed by atoms with Crippen LogP contribution in [0.3, 0.4) is 0 Å². The summed E-state index contributed by atoms with van der Waals surface area (Å²) >= 11 is 0. The van der Waals surface area contributed by atoms with Crippen molar-refractivity contribution in [2.45, 2.75) is 30.8 Å². The van der Waals surface area contributed by atoms with Crippen molar-refractivity contribution in [3.8, 4) is 0 Å². The number of urea groups is 1. The summed E-state index contributed by atoms with van der Waals surface area (Å²) in [5, 5.41) is 0. The SMILES string of the molecule is COCCN1C(=O)N(c2cccc(F)c2)[C@@H]2[C@H](c3cccnc3)CC[C@@H]21. The van der Waals surface area contributed by atoms with E-state index in [0.717, 1.165) is 18.4 Å². The molecule has 2 aliphatic rings. The van der Waals surface area contributed by atoms with E-state index < -0.39 is 0 Å². The minimum Gasteiger partial charge on any atom is -0.383 e. The molecule has 0 N–H and O–H groups in total. The van der Waals surface area contributed by atoms with E-state index in [-0.39, 0.29) is 29.8 Å². The summed E-state index contributed by atoms with van der Waals surface area (Å²) in [6, 6.07) is 10.3. The molecule has 2 aromatic rings. The van der Waals surface area contributed by atoms with Crippen molar-refractivity contribution in [3.05, 3.63) is 60.2 Å². The Hall–Kier alpha value is -2.47. The van der Waals surface area contributed by atoms with Crippen LogP contribution in [0.2, 0.25) is 0 Å². The van der Waals surface area contributed by atoms with E-state index in [4.69, 9.17) is 4.74 Å². The highest BCUT2D eigenvalue weighted by Crippen LogP contribution is 2.46. The number of nitrogens with zero attached hydrogens (tertiary/aromatic N) is 3. The second-order valence-corrected chi connectivity index (χ2v) is 6.85. The van der Waals surface area contributed by atoms with Gasteiger partial charge in [-0.2, -0.15) is 0 Å². The van der Waals surface area contributed by atoms with Gasteiger partial charge in [-0.15, -0.1) is 0 Å². The largest absolute Gasteiger partial charge is 0.383 e. The summed E-state index contributed by atoms with van der Waals surface area (Å²) in [5.74, 6) is -0.147. The maximum absolute atomic E-state index is 13.8. The number of anilines is 1. The number of fused-ring (bicyclic) bond motifs is 1. The maximum Gasteiger partial charge on any atom is 0.325 e. The molecule has 2 fully saturated rings. The number of amides is 2. The lowest BCUT2D eigenvalue weighted by Gasteiger charge is -2.28. The van der Waals surface area contributed by atoms with Crippen molar-refractivity contribution >= 4 is 11.7 Å². The Bertz CT molecular complexity index is 786. The predicted molar refractivity (Wildman–Crippen MR) is 96.6 cm³/mol. The Morgan fingerprint density at radius 3 is 2.88 bits per heavy atom. The van der Waals surface area contributed by atoms with Crippen LogP contribution in [0, 0.1) is 5.82 Å². The van der Waals surface area contributed by atoms with Crippen LogP contribution >= 0.6 is 0 Å². The number of halogens is 1. The van der Waals surface area contributed by atoms with Crippen molar-refractivity contribution in [2.75, 3.05) is 25.2 Å². The Kier molecular flexibility index (Phi) is 4.59. The van der Waals surface area contributed by atoms with Crippen LogP contribution in [-0.2, 0) is 4.74 Å². The molecule has 3 atom stereocenters. The number of ether oxygens (including phenoxy) is 1. The topological polar surface area (TPSA) is 45.7 Å². The molecule has 0 unspecified atom stereocenters. The van der Waals surface area contributed by atoms with Gasteiger partial charge in [-0.05, 0) is 42.7 Å². The van der Waals surface area contributed by atoms with Gasteiger partial charge in [0.05, 0.1) is 18.7 Å². The van der Waals surface area contributed by atoms with E-state index in [1.54, 1.807) is 30.3 Å². The van der Waals surface area contributed by atoms with Crippen LogP contribution in [0.1, 0.15) is 24.3 Å². The number of benzene rings is 1. The summed E-state index contributed by atoms with van der Waals surface area (Å²) in [5.41, 5.74) is 1.74. The molecule has 1 aliphatic carbocycles. The molecule has 1 aromatic heterocycles. The molecule has 26 heavy (non-hydrogen) atoms. The average Bonchev–Trinajstić information content (AvgIpc) is 3.18. The number of rotatable bonds is 5. The standard InChI is InChI=1S/C20H22FN3O2/c1-26-11-10-23-18-8-7-17(14-4-3-9-22-13-14)19(18)24(20(23)25)16-6-2-5-15(21)12-16/h2-6,9,12-13,17-19H,7-8,10-11H2,1H3/t17-,18-,19+/m0/s1. The normalized spacial score (nSPS) is 25.0. The van der Waals surface area contributed by atoms with Crippen molar-refractivity contribution in [2.24, 2.45) is 0 Å². The second-order valence-electron chi connectivity index (χ2n) is 6.85. The molecule has 0 radical (unpaired) electrons. The lowest BCUT2D eigenvalue weighted by atomic mass is 9.93. The van der Waals surface area contributed by atoms with Gasteiger partial charge >= 0.3 is 6.03 Å². The molecule has 6 heteroatoms. The summed E-state index contributed by atoms with van der Waals surface area (Å²) in [6.07, 6.45) is 5.53. The molecule has 1 aliphatic heterocycles. The summed E-state index contributed by atoms with van der Waals surface area (Å²) < 4.78 is 19.0. The Morgan fingerprint density at radius 1 is 1.27 bits per heavy atom. The summed E-state index contributed by atoms with van der Waals surface area (Å²) in [6.45, 7) is 1.03. The first-order chi connectivity index (χ1) is 12.7. The van der Waals surface area contributed by atoms with Gasteiger partial charge in [0.2, 0.25) is 0 Å². The van der Waals surface area contributed by atoms with Crippen LogP contribution in [0.25, 0.3) is 0 Å². The van der Waals surface area contributed by atoms with Gasteiger partial charge in [0.1, 0.15) is 5.82 Å².